The molecule has 110 valence electrons. The number of hydrogen-bond acceptors (Lipinski definition) is 1. The van der Waals surface area contributed by atoms with Gasteiger partial charge in [-0.2, -0.15) is 26.3 Å². The van der Waals surface area contributed by atoms with Crippen LogP contribution in [0.3, 0.4) is 0 Å². The zero-order chi connectivity index (χ0) is 15.7. The van der Waals surface area contributed by atoms with Crippen molar-refractivity contribution in [1.82, 2.24) is 0 Å². The summed E-state index contributed by atoms with van der Waals surface area (Å²) in [5.41, 5.74) is -1.48. The van der Waals surface area contributed by atoms with Crippen LogP contribution < -0.4 is 0 Å². The van der Waals surface area contributed by atoms with Gasteiger partial charge in [-0.15, -0.1) is 0 Å². The summed E-state index contributed by atoms with van der Waals surface area (Å²) in [6, 6.07) is 2.54. The van der Waals surface area contributed by atoms with E-state index >= 15 is 0 Å². The summed E-state index contributed by atoms with van der Waals surface area (Å²) >= 11 is 10.1. The number of halogens is 8. The summed E-state index contributed by atoms with van der Waals surface area (Å²) in [6.45, 7) is 0. The fraction of sp³-hybridized carbons (Fsp3) is 0.182. The molecular weight excluding hydrogens is 333 g/mol. The monoisotopic (exact) mass is 336 g/mol. The first-order valence-corrected chi connectivity index (χ1v) is 5.54. The van der Waals surface area contributed by atoms with Gasteiger partial charge in [0, 0.05) is 5.56 Å². The molecule has 0 heterocycles. The Morgan fingerprint density at radius 1 is 0.900 bits per heavy atom. The highest BCUT2D eigenvalue weighted by atomic mass is 35.5. The Kier molecular flexibility index (Phi) is 4.76. The predicted molar refractivity (Wildman–Crippen MR) is 60.6 cm³/mol. The van der Waals surface area contributed by atoms with Gasteiger partial charge in [-0.25, -0.2) is 0 Å². The highest BCUT2D eigenvalue weighted by Gasteiger charge is 2.37. The molecule has 0 saturated heterocycles. The Labute approximate surface area is 118 Å². The topological polar surface area (TPSA) is 17.1 Å². The molecule has 0 aliphatic heterocycles. The van der Waals surface area contributed by atoms with Gasteiger partial charge in [0.1, 0.15) is 10.1 Å². The third-order valence-corrected chi connectivity index (χ3v) is 2.98. The first kappa shape index (κ1) is 16.8. The molecule has 0 fully saturated rings. The molecule has 0 unspecified atom stereocenters. The minimum absolute atomic E-state index is 0.439. The molecule has 0 aliphatic rings. The van der Waals surface area contributed by atoms with Gasteiger partial charge in [-0.3, -0.25) is 4.79 Å². The summed E-state index contributed by atoms with van der Waals surface area (Å²) < 4.78 is 73.5. The lowest BCUT2D eigenvalue weighted by Crippen LogP contribution is -2.12. The Morgan fingerprint density at radius 3 is 1.70 bits per heavy atom. The summed E-state index contributed by atoms with van der Waals surface area (Å²) in [6.07, 6.45) is -9.63. The molecule has 0 amide bonds. The van der Waals surface area contributed by atoms with Crippen molar-refractivity contribution in [2.24, 2.45) is 0 Å². The average molecular weight is 337 g/mol. The number of Topliss-reactive ketones (excluding diaryl/α,β-unsaturated/α-hetero) is 1. The van der Waals surface area contributed by atoms with E-state index in [4.69, 9.17) is 23.2 Å². The fourth-order valence-corrected chi connectivity index (χ4v) is 1.46. The molecule has 20 heavy (non-hydrogen) atoms. The molecule has 1 rings (SSSR count). The highest BCUT2D eigenvalue weighted by Crippen LogP contribution is 2.34. The van der Waals surface area contributed by atoms with E-state index in [0.717, 1.165) is 0 Å². The van der Waals surface area contributed by atoms with E-state index in [1.54, 1.807) is 0 Å². The standard InChI is InChI=1S/C11H4Cl2F6O/c12-7(9(13)11(17,18)19)8(20)5-1-3-6(4-2-5)10(14,15)16/h1-4H/b9-7+. The number of benzene rings is 1. The lowest BCUT2D eigenvalue weighted by atomic mass is 10.1. The van der Waals surface area contributed by atoms with Gasteiger partial charge in [-0.05, 0) is 12.1 Å². The molecule has 9 heteroatoms. The van der Waals surface area contributed by atoms with Gasteiger partial charge in [0.2, 0.25) is 5.78 Å². The number of rotatable bonds is 2. The van der Waals surface area contributed by atoms with Crippen molar-refractivity contribution in [3.8, 4) is 0 Å². The van der Waals surface area contributed by atoms with E-state index in [1.165, 1.54) is 0 Å². The van der Waals surface area contributed by atoms with Crippen LogP contribution in [0.2, 0.25) is 0 Å². The van der Waals surface area contributed by atoms with E-state index in [9.17, 15) is 31.1 Å². The van der Waals surface area contributed by atoms with Crippen LogP contribution in [-0.2, 0) is 6.18 Å². The van der Waals surface area contributed by atoms with E-state index in [0.29, 0.717) is 24.3 Å². The Bertz CT molecular complexity index is 542. The first-order chi connectivity index (χ1) is 8.94. The summed E-state index contributed by atoms with van der Waals surface area (Å²) in [5.74, 6) is -1.32. The smallest absolute Gasteiger partial charge is 0.288 e. The maximum Gasteiger partial charge on any atom is 0.428 e. The van der Waals surface area contributed by atoms with Crippen LogP contribution in [0.1, 0.15) is 15.9 Å². The second kappa shape index (κ2) is 5.65. The maximum absolute atomic E-state index is 12.3. The first-order valence-electron chi connectivity index (χ1n) is 4.79. The van der Waals surface area contributed by atoms with Crippen molar-refractivity contribution in [2.45, 2.75) is 12.4 Å². The number of hydrogen-bond donors (Lipinski definition) is 0. The Morgan fingerprint density at radius 2 is 1.35 bits per heavy atom. The van der Waals surface area contributed by atoms with Crippen LogP contribution in [0, 0.1) is 0 Å². The Balaban J connectivity index is 3.12. The molecule has 0 saturated carbocycles. The van der Waals surface area contributed by atoms with E-state index < -0.39 is 39.3 Å². The fourth-order valence-electron chi connectivity index (χ4n) is 1.16. The SMILES string of the molecule is O=C(/C(Cl)=C(\Cl)C(F)(F)F)c1ccc(C(F)(F)F)cc1. The van der Waals surface area contributed by atoms with Gasteiger partial charge >= 0.3 is 12.4 Å². The molecule has 1 aromatic carbocycles. The Hall–Kier alpha value is -1.21. The third-order valence-electron chi connectivity index (χ3n) is 2.12. The predicted octanol–water partition coefficient (Wildman–Crippen LogP) is 5.14. The minimum atomic E-state index is -5.01. The number of allylic oxidation sites excluding steroid dienone is 2. The molecule has 0 aromatic heterocycles. The number of carbonyl (C=O) groups excluding carboxylic acids is 1. The zero-order valence-electron chi connectivity index (χ0n) is 9.24. The maximum atomic E-state index is 12.3. The van der Waals surface area contributed by atoms with Crippen molar-refractivity contribution in [1.29, 1.82) is 0 Å². The molecule has 0 N–H and O–H groups in total. The molecule has 1 aromatic rings. The van der Waals surface area contributed by atoms with Crippen LogP contribution >= 0.6 is 23.2 Å². The van der Waals surface area contributed by atoms with E-state index in [1.807, 2.05) is 0 Å². The van der Waals surface area contributed by atoms with Crippen molar-refractivity contribution >= 4 is 29.0 Å². The quantitative estimate of drug-likeness (QED) is 0.415. The number of alkyl halides is 6. The van der Waals surface area contributed by atoms with Crippen molar-refractivity contribution in [3.05, 3.63) is 45.5 Å². The number of ketones is 1. The molecule has 0 aliphatic carbocycles. The van der Waals surface area contributed by atoms with Crippen LogP contribution in [0.25, 0.3) is 0 Å². The highest BCUT2D eigenvalue weighted by molar-refractivity contribution is 6.50. The summed E-state index contributed by atoms with van der Waals surface area (Å²) in [7, 11) is 0. The van der Waals surface area contributed by atoms with Crippen LogP contribution in [0.4, 0.5) is 26.3 Å². The molecule has 1 nitrogen and oxygen atoms in total. The molecule has 0 bridgehead atoms. The van der Waals surface area contributed by atoms with Crippen molar-refractivity contribution < 1.29 is 31.1 Å². The summed E-state index contributed by atoms with van der Waals surface area (Å²) in [4.78, 5) is 11.5. The molecule has 0 spiro atoms. The average Bonchev–Trinajstić information content (AvgIpc) is 2.34. The van der Waals surface area contributed by atoms with Gasteiger partial charge in [0.25, 0.3) is 0 Å². The zero-order valence-corrected chi connectivity index (χ0v) is 10.8. The second-order valence-electron chi connectivity index (χ2n) is 3.53. The van der Waals surface area contributed by atoms with E-state index in [2.05, 4.69) is 0 Å². The lowest BCUT2D eigenvalue weighted by molar-refractivity contribution is -0.137. The number of carbonyl (C=O) groups is 1. The van der Waals surface area contributed by atoms with Crippen LogP contribution in [0.5, 0.6) is 0 Å². The summed E-state index contributed by atoms with van der Waals surface area (Å²) in [5, 5.41) is -3.14. The molecular formula is C11H4Cl2F6O. The van der Waals surface area contributed by atoms with Gasteiger partial charge in [0.15, 0.2) is 0 Å². The third kappa shape index (κ3) is 3.89. The second-order valence-corrected chi connectivity index (χ2v) is 4.29. The van der Waals surface area contributed by atoms with E-state index in [-0.39, 0.29) is 0 Å². The lowest BCUT2D eigenvalue weighted by Gasteiger charge is -2.09. The van der Waals surface area contributed by atoms with Gasteiger partial charge < -0.3 is 0 Å². The van der Waals surface area contributed by atoms with Crippen LogP contribution in [0.15, 0.2) is 34.3 Å². The van der Waals surface area contributed by atoms with Crippen LogP contribution in [-0.4, -0.2) is 12.0 Å². The largest absolute Gasteiger partial charge is 0.428 e. The van der Waals surface area contributed by atoms with Crippen molar-refractivity contribution in [3.63, 3.8) is 0 Å². The molecule has 0 atom stereocenters. The van der Waals surface area contributed by atoms with Gasteiger partial charge in [0.05, 0.1) is 5.56 Å². The minimum Gasteiger partial charge on any atom is -0.288 e. The van der Waals surface area contributed by atoms with Gasteiger partial charge in [-0.1, -0.05) is 35.3 Å². The molecule has 0 radical (unpaired) electrons. The van der Waals surface area contributed by atoms with Crippen molar-refractivity contribution in [2.75, 3.05) is 0 Å². The normalized spacial score (nSPS) is 14.0.